The molecule has 0 bridgehead atoms. The lowest BCUT2D eigenvalue weighted by molar-refractivity contribution is -0.123. The van der Waals surface area contributed by atoms with Crippen molar-refractivity contribution in [1.29, 1.82) is 5.26 Å². The quantitative estimate of drug-likeness (QED) is 0.433. The maximum atomic E-state index is 12.7. The predicted octanol–water partition coefficient (Wildman–Crippen LogP) is 2.76. The third kappa shape index (κ3) is 6.77. The van der Waals surface area contributed by atoms with E-state index in [4.69, 9.17) is 5.26 Å². The molecule has 170 valence electrons. The first kappa shape index (κ1) is 23.7. The Balaban J connectivity index is 1.62. The Morgan fingerprint density at radius 3 is 2.62 bits per heavy atom. The van der Waals surface area contributed by atoms with E-state index in [0.29, 0.717) is 18.0 Å². The number of thiazole rings is 1. The second kappa shape index (κ2) is 11.6. The van der Waals surface area contributed by atoms with Crippen molar-refractivity contribution < 1.29 is 9.59 Å². The number of carbonyl (C=O) groups excluding carboxylic acids is 2. The van der Waals surface area contributed by atoms with Crippen LogP contribution in [-0.4, -0.2) is 48.5 Å². The van der Waals surface area contributed by atoms with Gasteiger partial charge in [-0.2, -0.15) is 5.26 Å². The molecule has 1 saturated heterocycles. The number of hydrogen-bond acceptors (Lipinski definition) is 7. The number of anilines is 1. The Labute approximate surface area is 192 Å². The number of piperidine rings is 1. The lowest BCUT2D eigenvalue weighted by Gasteiger charge is -2.23. The van der Waals surface area contributed by atoms with E-state index in [1.54, 1.807) is 23.5 Å². The zero-order valence-electron chi connectivity index (χ0n) is 18.5. The highest BCUT2D eigenvalue weighted by atomic mass is 32.1. The highest BCUT2D eigenvalue weighted by Crippen LogP contribution is 2.26. The van der Waals surface area contributed by atoms with Gasteiger partial charge in [0.2, 0.25) is 5.91 Å². The van der Waals surface area contributed by atoms with Gasteiger partial charge in [-0.05, 0) is 50.4 Å². The fourth-order valence-electron chi connectivity index (χ4n) is 3.60. The molecule has 4 N–H and O–H groups in total. The summed E-state index contributed by atoms with van der Waals surface area (Å²) in [6.45, 7) is 5.93. The molecule has 3 rings (SSSR count). The van der Waals surface area contributed by atoms with E-state index in [0.717, 1.165) is 42.3 Å². The van der Waals surface area contributed by atoms with Gasteiger partial charge in [0.05, 0.1) is 11.8 Å². The summed E-state index contributed by atoms with van der Waals surface area (Å²) >= 11 is 1.58. The van der Waals surface area contributed by atoms with Crippen LogP contribution >= 0.6 is 11.3 Å². The van der Waals surface area contributed by atoms with Crippen molar-refractivity contribution in [3.8, 4) is 17.3 Å². The van der Waals surface area contributed by atoms with Crippen LogP contribution in [0.15, 0.2) is 29.6 Å². The maximum Gasteiger partial charge on any atom is 0.251 e. The number of carbonyl (C=O) groups is 2. The van der Waals surface area contributed by atoms with E-state index in [1.807, 2.05) is 37.4 Å². The number of rotatable bonds is 9. The Bertz CT molecular complexity index is 944. The minimum atomic E-state index is -0.683. The van der Waals surface area contributed by atoms with E-state index in [-0.39, 0.29) is 24.3 Å². The van der Waals surface area contributed by atoms with Gasteiger partial charge < -0.3 is 21.3 Å². The van der Waals surface area contributed by atoms with Crippen molar-refractivity contribution in [2.75, 3.05) is 25.0 Å². The van der Waals surface area contributed by atoms with Crippen molar-refractivity contribution >= 4 is 28.3 Å². The molecule has 9 heteroatoms. The zero-order valence-corrected chi connectivity index (χ0v) is 19.3. The molecule has 1 aromatic heterocycles. The summed E-state index contributed by atoms with van der Waals surface area (Å²) in [7, 11) is 0. The minimum absolute atomic E-state index is 0.0832. The van der Waals surface area contributed by atoms with E-state index >= 15 is 0 Å². The second-order valence-corrected chi connectivity index (χ2v) is 9.17. The van der Waals surface area contributed by atoms with Crippen LogP contribution < -0.4 is 21.3 Å². The molecule has 8 nitrogen and oxygen atoms in total. The summed E-state index contributed by atoms with van der Waals surface area (Å²) in [4.78, 5) is 29.7. The standard InChI is InChI=1S/C23H30N6O2S/c1-15(2)13-19(22(31)26-12-9-24)28-21(30)17-5-3-16(4-6-17)20-14-32-23(29-20)27-18-7-10-25-11-8-18/h3-6,14-15,18-19,25H,7-8,10-13H2,1-2H3,(H,26,31)(H,27,29)(H,28,30). The number of aromatic nitrogens is 1. The van der Waals surface area contributed by atoms with Crippen LogP contribution in [0.2, 0.25) is 0 Å². The molecule has 32 heavy (non-hydrogen) atoms. The molecule has 0 saturated carbocycles. The van der Waals surface area contributed by atoms with Crippen LogP contribution in [-0.2, 0) is 4.79 Å². The molecular formula is C23H30N6O2S. The van der Waals surface area contributed by atoms with Gasteiger partial charge in [-0.25, -0.2) is 4.98 Å². The Hall–Kier alpha value is -2.96. The first-order valence-corrected chi connectivity index (χ1v) is 11.8. The number of benzene rings is 1. The summed E-state index contributed by atoms with van der Waals surface area (Å²) in [6, 6.07) is 8.86. The van der Waals surface area contributed by atoms with E-state index < -0.39 is 6.04 Å². The molecule has 1 atom stereocenters. The van der Waals surface area contributed by atoms with Gasteiger partial charge >= 0.3 is 0 Å². The number of nitrogens with one attached hydrogen (secondary N) is 4. The van der Waals surface area contributed by atoms with Gasteiger partial charge in [0.1, 0.15) is 12.6 Å². The summed E-state index contributed by atoms with van der Waals surface area (Å²) in [5.74, 6) is -0.449. The Kier molecular flexibility index (Phi) is 8.59. The molecule has 0 aliphatic carbocycles. The van der Waals surface area contributed by atoms with Crippen LogP contribution in [0.4, 0.5) is 5.13 Å². The van der Waals surface area contributed by atoms with E-state index in [2.05, 4.69) is 26.3 Å². The number of nitriles is 1. The summed E-state index contributed by atoms with van der Waals surface area (Å²) in [5, 5.41) is 23.8. The molecule has 1 aliphatic rings. The fraction of sp³-hybridized carbons (Fsp3) is 0.478. The number of hydrogen-bond donors (Lipinski definition) is 4. The molecular weight excluding hydrogens is 424 g/mol. The summed E-state index contributed by atoms with van der Waals surface area (Å²) in [5.41, 5.74) is 2.27. The second-order valence-electron chi connectivity index (χ2n) is 8.32. The SMILES string of the molecule is CC(C)CC(NC(=O)c1ccc(-c2csc(NC3CCNCC3)n2)cc1)C(=O)NCC#N. The zero-order chi connectivity index (χ0) is 22.9. The van der Waals surface area contributed by atoms with Crippen LogP contribution in [0.1, 0.15) is 43.5 Å². The third-order valence-corrected chi connectivity index (χ3v) is 6.06. The maximum absolute atomic E-state index is 12.7. The average molecular weight is 455 g/mol. The summed E-state index contributed by atoms with van der Waals surface area (Å²) in [6.07, 6.45) is 2.67. The molecule has 1 unspecified atom stereocenters. The van der Waals surface area contributed by atoms with Gasteiger partial charge in [-0.15, -0.1) is 11.3 Å². The summed E-state index contributed by atoms with van der Waals surface area (Å²) < 4.78 is 0. The van der Waals surface area contributed by atoms with Crippen molar-refractivity contribution in [3.05, 3.63) is 35.2 Å². The Morgan fingerprint density at radius 1 is 1.25 bits per heavy atom. The van der Waals surface area contributed by atoms with Crippen LogP contribution in [0.25, 0.3) is 11.3 Å². The van der Waals surface area contributed by atoms with Crippen molar-refractivity contribution in [3.63, 3.8) is 0 Å². The minimum Gasteiger partial charge on any atom is -0.359 e. The number of amides is 2. The molecule has 1 fully saturated rings. The van der Waals surface area contributed by atoms with Crippen molar-refractivity contribution in [2.24, 2.45) is 5.92 Å². The monoisotopic (exact) mass is 454 g/mol. The third-order valence-electron chi connectivity index (χ3n) is 5.28. The topological polar surface area (TPSA) is 119 Å². The molecule has 0 spiro atoms. The number of nitrogens with zero attached hydrogens (tertiary/aromatic N) is 2. The highest BCUT2D eigenvalue weighted by Gasteiger charge is 2.22. The van der Waals surface area contributed by atoms with Crippen LogP contribution in [0.5, 0.6) is 0 Å². The first-order valence-electron chi connectivity index (χ1n) is 10.9. The molecule has 2 amide bonds. The molecule has 2 heterocycles. The lowest BCUT2D eigenvalue weighted by Crippen LogP contribution is -2.47. The normalized spacial score (nSPS) is 15.1. The molecule has 0 radical (unpaired) electrons. The Morgan fingerprint density at radius 2 is 1.97 bits per heavy atom. The van der Waals surface area contributed by atoms with Crippen LogP contribution in [0, 0.1) is 17.2 Å². The molecule has 1 aliphatic heterocycles. The lowest BCUT2D eigenvalue weighted by atomic mass is 10.0. The highest BCUT2D eigenvalue weighted by molar-refractivity contribution is 7.14. The molecule has 2 aromatic rings. The van der Waals surface area contributed by atoms with Gasteiger partial charge in [0.25, 0.3) is 5.91 Å². The smallest absolute Gasteiger partial charge is 0.251 e. The first-order chi connectivity index (χ1) is 15.5. The van der Waals surface area contributed by atoms with E-state index in [1.165, 1.54) is 0 Å². The average Bonchev–Trinajstić information content (AvgIpc) is 3.26. The van der Waals surface area contributed by atoms with Gasteiger partial charge in [-0.3, -0.25) is 9.59 Å². The van der Waals surface area contributed by atoms with Gasteiger partial charge in [0, 0.05) is 22.5 Å². The van der Waals surface area contributed by atoms with Crippen LogP contribution in [0.3, 0.4) is 0 Å². The largest absolute Gasteiger partial charge is 0.359 e. The molecule has 1 aromatic carbocycles. The van der Waals surface area contributed by atoms with Crippen molar-refractivity contribution in [2.45, 2.75) is 45.2 Å². The van der Waals surface area contributed by atoms with Crippen molar-refractivity contribution in [1.82, 2.24) is 20.9 Å². The van der Waals surface area contributed by atoms with E-state index in [9.17, 15) is 9.59 Å². The van der Waals surface area contributed by atoms with Gasteiger partial charge in [-0.1, -0.05) is 26.0 Å². The predicted molar refractivity (Wildman–Crippen MR) is 126 cm³/mol. The van der Waals surface area contributed by atoms with Gasteiger partial charge in [0.15, 0.2) is 5.13 Å². The fourth-order valence-corrected chi connectivity index (χ4v) is 4.40.